The van der Waals surface area contributed by atoms with Crippen LogP contribution in [0.25, 0.3) is 10.6 Å². The minimum absolute atomic E-state index is 0.0420. The number of ketones is 1. The average Bonchev–Trinajstić information content (AvgIpc) is 3.29. The summed E-state index contributed by atoms with van der Waals surface area (Å²) in [6.07, 6.45) is 1.19. The fourth-order valence-corrected chi connectivity index (χ4v) is 5.36. The Labute approximate surface area is 208 Å². The molecule has 35 heavy (non-hydrogen) atoms. The molecule has 0 bridgehead atoms. The summed E-state index contributed by atoms with van der Waals surface area (Å²) in [5, 5.41) is 11.9. The molecule has 9 nitrogen and oxygen atoms in total. The highest BCUT2D eigenvalue weighted by atomic mass is 32.2. The molecule has 0 radical (unpaired) electrons. The van der Waals surface area contributed by atoms with Crippen LogP contribution in [0.15, 0.2) is 48.5 Å². The number of sulfone groups is 1. The molecule has 0 unspecified atom stereocenters. The van der Waals surface area contributed by atoms with Gasteiger partial charge in [0.15, 0.2) is 15.6 Å². The first kappa shape index (κ1) is 25.1. The number of benzene rings is 2. The van der Waals surface area contributed by atoms with Crippen LogP contribution in [0.2, 0.25) is 0 Å². The first-order chi connectivity index (χ1) is 16.8. The number of carbonyl (C=O) groups is 2. The van der Waals surface area contributed by atoms with E-state index in [1.165, 1.54) is 11.3 Å². The van der Waals surface area contributed by atoms with Crippen molar-refractivity contribution in [3.63, 3.8) is 0 Å². The number of rotatable bonds is 9. The van der Waals surface area contributed by atoms with Gasteiger partial charge < -0.3 is 4.74 Å². The molecule has 0 saturated carbocycles. The van der Waals surface area contributed by atoms with Gasteiger partial charge in [0.1, 0.15) is 5.01 Å². The maximum atomic E-state index is 12.9. The molecule has 2 aromatic carbocycles. The lowest BCUT2D eigenvalue weighted by Gasteiger charge is -2.25. The van der Waals surface area contributed by atoms with Gasteiger partial charge in [-0.05, 0) is 23.3 Å². The largest absolute Gasteiger partial charge is 0.379 e. The number of anilines is 1. The Hall–Kier alpha value is -2.99. The van der Waals surface area contributed by atoms with Gasteiger partial charge in [0, 0.05) is 36.9 Å². The predicted molar refractivity (Wildman–Crippen MR) is 134 cm³/mol. The zero-order valence-electron chi connectivity index (χ0n) is 19.3. The Morgan fingerprint density at radius 1 is 1.06 bits per heavy atom. The number of hydrogen-bond acceptors (Lipinski definition) is 9. The van der Waals surface area contributed by atoms with Crippen LogP contribution in [-0.4, -0.2) is 74.3 Å². The Morgan fingerprint density at radius 2 is 1.80 bits per heavy atom. The predicted octanol–water partition coefficient (Wildman–Crippen LogP) is 2.45. The van der Waals surface area contributed by atoms with Crippen molar-refractivity contribution in [3.05, 3.63) is 65.2 Å². The molecule has 0 aliphatic carbocycles. The SMILES string of the molecule is CS(=O)(=O)Cc1ccc(C(=O)Nc2nnc(-c3ccccc3)s2)cc1CC(=O)CN1CCOCC1. The van der Waals surface area contributed by atoms with Gasteiger partial charge in [-0.25, -0.2) is 8.42 Å². The first-order valence-electron chi connectivity index (χ1n) is 11.1. The fourth-order valence-electron chi connectivity index (χ4n) is 3.77. The summed E-state index contributed by atoms with van der Waals surface area (Å²) in [6, 6.07) is 14.3. The highest BCUT2D eigenvalue weighted by Crippen LogP contribution is 2.26. The highest BCUT2D eigenvalue weighted by molar-refractivity contribution is 7.89. The molecular formula is C24H26N4O5S2. The van der Waals surface area contributed by atoms with Crippen LogP contribution in [0.1, 0.15) is 21.5 Å². The van der Waals surface area contributed by atoms with Crippen LogP contribution < -0.4 is 5.32 Å². The van der Waals surface area contributed by atoms with E-state index in [9.17, 15) is 18.0 Å². The monoisotopic (exact) mass is 514 g/mol. The van der Waals surface area contributed by atoms with Crippen molar-refractivity contribution in [1.29, 1.82) is 0 Å². The molecule has 1 aliphatic rings. The second kappa shape index (κ2) is 11.2. The van der Waals surface area contributed by atoms with Crippen molar-refractivity contribution in [3.8, 4) is 10.6 Å². The number of aromatic nitrogens is 2. The molecule has 0 atom stereocenters. The minimum Gasteiger partial charge on any atom is -0.379 e. The van der Waals surface area contributed by atoms with E-state index < -0.39 is 15.7 Å². The van der Waals surface area contributed by atoms with Gasteiger partial charge >= 0.3 is 0 Å². The summed E-state index contributed by atoms with van der Waals surface area (Å²) in [5.74, 6) is -0.657. The van der Waals surface area contributed by atoms with Gasteiger partial charge in [-0.2, -0.15) is 0 Å². The summed E-state index contributed by atoms with van der Waals surface area (Å²) >= 11 is 1.25. The lowest BCUT2D eigenvalue weighted by Crippen LogP contribution is -2.40. The van der Waals surface area contributed by atoms with Gasteiger partial charge in [0.25, 0.3) is 5.91 Å². The van der Waals surface area contributed by atoms with Crippen molar-refractivity contribution in [2.75, 3.05) is 44.4 Å². The molecule has 1 fully saturated rings. The minimum atomic E-state index is -3.32. The second-order valence-electron chi connectivity index (χ2n) is 8.39. The number of Topliss-reactive ketones (excluding diaryl/α,β-unsaturated/α-hetero) is 1. The molecule has 0 spiro atoms. The molecule has 4 rings (SSSR count). The van der Waals surface area contributed by atoms with Gasteiger partial charge in [-0.15, -0.1) is 10.2 Å². The summed E-state index contributed by atoms with van der Waals surface area (Å²) < 4.78 is 29.2. The van der Waals surface area contributed by atoms with Crippen LogP contribution in [-0.2, 0) is 31.5 Å². The molecule has 1 saturated heterocycles. The number of nitrogens with one attached hydrogen (secondary N) is 1. The topological polar surface area (TPSA) is 119 Å². The van der Waals surface area contributed by atoms with E-state index in [0.717, 1.165) is 11.8 Å². The molecule has 1 aromatic heterocycles. The average molecular weight is 515 g/mol. The van der Waals surface area contributed by atoms with E-state index in [1.807, 2.05) is 35.2 Å². The van der Waals surface area contributed by atoms with Gasteiger partial charge in [-0.1, -0.05) is 47.7 Å². The fraction of sp³-hybridized carbons (Fsp3) is 0.333. The third-order valence-electron chi connectivity index (χ3n) is 5.44. The lowest BCUT2D eigenvalue weighted by molar-refractivity contribution is -0.120. The molecule has 2 heterocycles. The van der Waals surface area contributed by atoms with Crippen molar-refractivity contribution >= 4 is 38.0 Å². The van der Waals surface area contributed by atoms with Crippen molar-refractivity contribution < 1.29 is 22.7 Å². The molecule has 1 N–H and O–H groups in total. The van der Waals surface area contributed by atoms with Crippen LogP contribution in [0.5, 0.6) is 0 Å². The second-order valence-corrected chi connectivity index (χ2v) is 11.5. The van der Waals surface area contributed by atoms with Crippen LogP contribution in [0, 0.1) is 0 Å². The third kappa shape index (κ3) is 7.25. The summed E-state index contributed by atoms with van der Waals surface area (Å²) in [6.45, 7) is 2.78. The van der Waals surface area contributed by atoms with E-state index in [0.29, 0.717) is 53.1 Å². The Morgan fingerprint density at radius 3 is 2.51 bits per heavy atom. The summed E-state index contributed by atoms with van der Waals surface area (Å²) in [5.41, 5.74) is 2.26. The summed E-state index contributed by atoms with van der Waals surface area (Å²) in [4.78, 5) is 27.7. The van der Waals surface area contributed by atoms with Gasteiger partial charge in [-0.3, -0.25) is 19.8 Å². The molecule has 1 amide bonds. The number of carbonyl (C=O) groups excluding carboxylic acids is 2. The normalized spacial score (nSPS) is 14.5. The maximum absolute atomic E-state index is 12.9. The standard InChI is InChI=1S/C24H26N4O5S2/c1-35(31,32)16-19-8-7-18(13-20(19)14-21(29)15-28-9-11-33-12-10-28)22(30)25-24-27-26-23(34-24)17-5-3-2-4-6-17/h2-8,13H,9-12,14-16H2,1H3,(H,25,27,30). The van der Waals surface area contributed by atoms with E-state index >= 15 is 0 Å². The quantitative estimate of drug-likeness (QED) is 0.463. The van der Waals surface area contributed by atoms with Gasteiger partial charge in [0.05, 0.1) is 25.5 Å². The first-order valence-corrected chi connectivity index (χ1v) is 14.0. The molecule has 11 heteroatoms. The number of nitrogens with zero attached hydrogens (tertiary/aromatic N) is 3. The summed E-state index contributed by atoms with van der Waals surface area (Å²) in [7, 11) is -3.32. The van der Waals surface area contributed by atoms with E-state index in [1.54, 1.807) is 18.2 Å². The zero-order valence-corrected chi connectivity index (χ0v) is 20.9. The Balaban J connectivity index is 1.50. The Kier molecular flexibility index (Phi) is 8.01. The molecule has 1 aliphatic heterocycles. The lowest BCUT2D eigenvalue weighted by atomic mass is 9.99. The van der Waals surface area contributed by atoms with Crippen molar-refractivity contribution in [2.45, 2.75) is 12.2 Å². The third-order valence-corrected chi connectivity index (χ3v) is 7.17. The van der Waals surface area contributed by atoms with Crippen LogP contribution in [0.3, 0.4) is 0 Å². The van der Waals surface area contributed by atoms with Crippen molar-refractivity contribution in [1.82, 2.24) is 15.1 Å². The number of amides is 1. The highest BCUT2D eigenvalue weighted by Gasteiger charge is 2.19. The van der Waals surface area contributed by atoms with Crippen molar-refractivity contribution in [2.24, 2.45) is 0 Å². The van der Waals surface area contributed by atoms with Gasteiger partial charge in [0.2, 0.25) is 5.13 Å². The van der Waals surface area contributed by atoms with E-state index in [4.69, 9.17) is 4.74 Å². The van der Waals surface area contributed by atoms with E-state index in [-0.39, 0.29) is 24.5 Å². The Bertz CT molecular complexity index is 1300. The maximum Gasteiger partial charge on any atom is 0.257 e. The smallest absolute Gasteiger partial charge is 0.257 e. The number of hydrogen-bond donors (Lipinski definition) is 1. The molecular weight excluding hydrogens is 488 g/mol. The molecule has 184 valence electrons. The van der Waals surface area contributed by atoms with Crippen LogP contribution >= 0.6 is 11.3 Å². The van der Waals surface area contributed by atoms with Crippen LogP contribution in [0.4, 0.5) is 5.13 Å². The number of ether oxygens (including phenoxy) is 1. The number of morpholine rings is 1. The van der Waals surface area contributed by atoms with E-state index in [2.05, 4.69) is 15.5 Å². The zero-order chi connectivity index (χ0) is 24.8. The molecule has 3 aromatic rings.